The van der Waals surface area contributed by atoms with Crippen LogP contribution in [0.25, 0.3) is 22.6 Å². The molecule has 3 aromatic heterocycles. The smallest absolute Gasteiger partial charge is 0.284 e. The zero-order chi connectivity index (χ0) is 20.5. The van der Waals surface area contributed by atoms with Gasteiger partial charge in [-0.15, -0.1) is 0 Å². The van der Waals surface area contributed by atoms with Crippen LogP contribution in [0.2, 0.25) is 0 Å². The maximum atomic E-state index is 12.6. The molecule has 0 atom stereocenters. The summed E-state index contributed by atoms with van der Waals surface area (Å²) in [6.07, 6.45) is 4.00. The number of hydrogen-bond donors (Lipinski definition) is 2. The molecule has 0 radical (unpaired) electrons. The van der Waals surface area contributed by atoms with Gasteiger partial charge in [-0.05, 0) is 49.2 Å². The zero-order valence-corrected chi connectivity index (χ0v) is 16.5. The molecule has 1 amide bonds. The average molecular weight is 403 g/mol. The van der Waals surface area contributed by atoms with Gasteiger partial charge in [0.05, 0.1) is 23.7 Å². The summed E-state index contributed by atoms with van der Waals surface area (Å²) in [5, 5.41) is 2.92. The molecule has 4 heterocycles. The number of amides is 1. The van der Waals surface area contributed by atoms with E-state index in [1.54, 1.807) is 25.4 Å². The quantitative estimate of drug-likeness (QED) is 0.521. The number of carbonyl (C=O) groups is 1. The number of nitrogens with one attached hydrogen (secondary N) is 2. The van der Waals surface area contributed by atoms with Crippen molar-refractivity contribution in [3.05, 3.63) is 54.2 Å². The summed E-state index contributed by atoms with van der Waals surface area (Å²) in [7, 11) is 1.55. The van der Waals surface area contributed by atoms with Crippen LogP contribution >= 0.6 is 0 Å². The Hall–Kier alpha value is -3.81. The number of aromatic nitrogens is 3. The number of imidazole rings is 1. The number of anilines is 2. The van der Waals surface area contributed by atoms with E-state index in [0.717, 1.165) is 29.9 Å². The molecule has 0 bridgehead atoms. The Morgan fingerprint density at radius 2 is 2.03 bits per heavy atom. The topological polar surface area (TPSA) is 96.3 Å². The highest BCUT2D eigenvalue weighted by Gasteiger charge is 2.15. The summed E-state index contributed by atoms with van der Waals surface area (Å²) >= 11 is 0. The number of rotatable bonds is 5. The number of benzene rings is 1. The van der Waals surface area contributed by atoms with E-state index in [9.17, 15) is 4.79 Å². The van der Waals surface area contributed by atoms with Crippen LogP contribution in [0.4, 0.5) is 11.5 Å². The molecule has 1 aliphatic rings. The molecule has 0 aliphatic carbocycles. The van der Waals surface area contributed by atoms with Crippen molar-refractivity contribution in [2.75, 3.05) is 30.4 Å². The summed E-state index contributed by atoms with van der Waals surface area (Å²) in [5.74, 6) is 2.31. The first kappa shape index (κ1) is 18.2. The molecular formula is C22H21N5O3. The van der Waals surface area contributed by atoms with E-state index in [-0.39, 0.29) is 5.91 Å². The molecule has 1 saturated heterocycles. The van der Waals surface area contributed by atoms with Gasteiger partial charge >= 0.3 is 0 Å². The van der Waals surface area contributed by atoms with E-state index in [4.69, 9.17) is 9.15 Å². The Kier molecular flexibility index (Phi) is 4.59. The lowest BCUT2D eigenvalue weighted by molar-refractivity contribution is 0.102. The average Bonchev–Trinajstić information content (AvgIpc) is 3.53. The maximum absolute atomic E-state index is 12.6. The van der Waals surface area contributed by atoms with E-state index in [1.165, 1.54) is 12.8 Å². The number of methoxy groups -OCH3 is 1. The Bertz CT molecular complexity index is 1190. The molecule has 1 aromatic carbocycles. The molecule has 152 valence electrons. The molecule has 8 nitrogen and oxygen atoms in total. The Balaban J connectivity index is 1.32. The second kappa shape index (κ2) is 7.55. The largest absolute Gasteiger partial charge is 0.468 e. The highest BCUT2D eigenvalue weighted by atomic mass is 16.6. The van der Waals surface area contributed by atoms with Crippen LogP contribution in [-0.2, 0) is 0 Å². The number of carbonyl (C=O) groups excluding carboxylic acids is 1. The van der Waals surface area contributed by atoms with Crippen LogP contribution in [0.1, 0.15) is 23.2 Å². The fraction of sp³-hybridized carbons (Fsp3) is 0.227. The van der Waals surface area contributed by atoms with E-state index >= 15 is 0 Å². The molecular weight excluding hydrogens is 382 g/mol. The van der Waals surface area contributed by atoms with Gasteiger partial charge in [-0.1, -0.05) is 0 Å². The number of pyridine rings is 1. The summed E-state index contributed by atoms with van der Waals surface area (Å²) in [6, 6.07) is 12.7. The fourth-order valence-electron chi connectivity index (χ4n) is 3.62. The number of ether oxygens (including phenoxy) is 1. The number of nitrogens with zero attached hydrogens (tertiary/aromatic N) is 3. The van der Waals surface area contributed by atoms with Gasteiger partial charge in [-0.2, -0.15) is 0 Å². The first-order valence-electron chi connectivity index (χ1n) is 9.86. The molecule has 1 fully saturated rings. The van der Waals surface area contributed by atoms with E-state index in [0.29, 0.717) is 28.8 Å². The van der Waals surface area contributed by atoms with Crippen LogP contribution in [0.15, 0.2) is 53.1 Å². The van der Waals surface area contributed by atoms with Gasteiger partial charge < -0.3 is 24.4 Å². The van der Waals surface area contributed by atoms with Gasteiger partial charge in [0.15, 0.2) is 11.6 Å². The normalized spacial score (nSPS) is 13.7. The first-order valence-corrected chi connectivity index (χ1v) is 9.86. The summed E-state index contributed by atoms with van der Waals surface area (Å²) in [5.41, 5.74) is 2.75. The summed E-state index contributed by atoms with van der Waals surface area (Å²) < 4.78 is 10.6. The third-order valence-electron chi connectivity index (χ3n) is 5.20. The van der Waals surface area contributed by atoms with Crippen LogP contribution in [-0.4, -0.2) is 41.1 Å². The van der Waals surface area contributed by atoms with E-state index < -0.39 is 0 Å². The van der Waals surface area contributed by atoms with Crippen LogP contribution in [0.3, 0.4) is 0 Å². The lowest BCUT2D eigenvalue weighted by Crippen LogP contribution is -2.19. The van der Waals surface area contributed by atoms with Crippen molar-refractivity contribution in [3.8, 4) is 17.5 Å². The molecule has 8 heteroatoms. The molecule has 0 unspecified atom stereocenters. The Labute approximate surface area is 172 Å². The second-order valence-corrected chi connectivity index (χ2v) is 7.19. The highest BCUT2D eigenvalue weighted by Crippen LogP contribution is 2.27. The van der Waals surface area contributed by atoms with Gasteiger partial charge in [0, 0.05) is 31.0 Å². The first-order chi connectivity index (χ1) is 14.7. The molecule has 0 spiro atoms. The molecule has 2 N–H and O–H groups in total. The van der Waals surface area contributed by atoms with Crippen LogP contribution in [0, 0.1) is 0 Å². The minimum absolute atomic E-state index is 0.203. The number of aromatic amines is 1. The lowest BCUT2D eigenvalue weighted by atomic mass is 10.2. The van der Waals surface area contributed by atoms with Crippen molar-refractivity contribution in [2.45, 2.75) is 12.8 Å². The highest BCUT2D eigenvalue weighted by molar-refractivity contribution is 6.04. The molecule has 5 rings (SSSR count). The lowest BCUT2D eigenvalue weighted by Gasteiger charge is -2.16. The number of furan rings is 1. The predicted octanol–water partition coefficient (Wildman–Crippen LogP) is 4.08. The molecule has 4 aromatic rings. The third-order valence-corrected chi connectivity index (χ3v) is 5.20. The van der Waals surface area contributed by atoms with Crippen molar-refractivity contribution in [2.24, 2.45) is 0 Å². The minimum atomic E-state index is -0.203. The van der Waals surface area contributed by atoms with Crippen LogP contribution < -0.4 is 15.0 Å². The van der Waals surface area contributed by atoms with Gasteiger partial charge in [0.1, 0.15) is 5.82 Å². The van der Waals surface area contributed by atoms with Crippen molar-refractivity contribution >= 4 is 28.4 Å². The monoisotopic (exact) mass is 403 g/mol. The van der Waals surface area contributed by atoms with E-state index in [1.807, 2.05) is 30.3 Å². The SMILES string of the molecule is COc1ccc(-c2nc3ccc(NC(=O)c4ccc(N5CCCC5)nc4)cc3[nH]2)o1. The Morgan fingerprint density at radius 3 is 2.77 bits per heavy atom. The second-order valence-electron chi connectivity index (χ2n) is 7.19. The summed E-state index contributed by atoms with van der Waals surface area (Å²) in [4.78, 5) is 27.0. The molecule has 30 heavy (non-hydrogen) atoms. The third kappa shape index (κ3) is 3.47. The van der Waals surface area contributed by atoms with Gasteiger partial charge in [-0.3, -0.25) is 4.79 Å². The number of fused-ring (bicyclic) bond motifs is 1. The van der Waals surface area contributed by atoms with Crippen molar-refractivity contribution in [1.29, 1.82) is 0 Å². The Morgan fingerprint density at radius 1 is 1.17 bits per heavy atom. The van der Waals surface area contributed by atoms with Crippen molar-refractivity contribution in [1.82, 2.24) is 15.0 Å². The van der Waals surface area contributed by atoms with Gasteiger partial charge in [0.25, 0.3) is 11.9 Å². The van der Waals surface area contributed by atoms with Crippen LogP contribution in [0.5, 0.6) is 5.95 Å². The molecule has 1 aliphatic heterocycles. The predicted molar refractivity (Wildman–Crippen MR) is 114 cm³/mol. The summed E-state index contributed by atoms with van der Waals surface area (Å²) in [6.45, 7) is 2.05. The van der Waals surface area contributed by atoms with Gasteiger partial charge in [0.2, 0.25) is 0 Å². The van der Waals surface area contributed by atoms with E-state index in [2.05, 4.69) is 25.2 Å². The number of H-pyrrole nitrogens is 1. The van der Waals surface area contributed by atoms with Crippen molar-refractivity contribution in [3.63, 3.8) is 0 Å². The fourth-order valence-corrected chi connectivity index (χ4v) is 3.62. The molecule has 0 saturated carbocycles. The van der Waals surface area contributed by atoms with Crippen molar-refractivity contribution < 1.29 is 13.9 Å². The number of hydrogen-bond acceptors (Lipinski definition) is 6. The van der Waals surface area contributed by atoms with Gasteiger partial charge in [-0.25, -0.2) is 9.97 Å². The standard InChI is InChI=1S/C22H21N5O3/c1-29-20-9-7-18(30-20)21-25-16-6-5-15(12-17(16)26-21)24-22(28)14-4-8-19(23-13-14)27-10-2-3-11-27/h4-9,12-13H,2-3,10-11H2,1H3,(H,24,28)(H,25,26). The maximum Gasteiger partial charge on any atom is 0.284 e. The zero-order valence-electron chi connectivity index (χ0n) is 16.5. The minimum Gasteiger partial charge on any atom is -0.468 e.